The molecular weight excluding hydrogens is 336 g/mol. The number of hydrogen-bond donors (Lipinski definition) is 2. The summed E-state index contributed by atoms with van der Waals surface area (Å²) in [5, 5.41) is 6.26. The monoisotopic (exact) mass is 364 g/mol. The molecule has 0 spiro atoms. The molecule has 0 aliphatic carbocycles. The lowest BCUT2D eigenvalue weighted by Crippen LogP contribution is -2.37. The highest BCUT2D eigenvalue weighted by Crippen LogP contribution is 2.15. The topological polar surface area (TPSA) is 56.7 Å². The summed E-state index contributed by atoms with van der Waals surface area (Å²) in [6, 6.07) is 17.3. The number of guanidine groups is 1. The number of carbonyl (C=O) groups excluding carboxylic acids is 1. The van der Waals surface area contributed by atoms with Crippen LogP contribution in [-0.2, 0) is 6.42 Å². The average molecular weight is 364 g/mol. The van der Waals surface area contributed by atoms with E-state index in [1.165, 1.54) is 18.4 Å². The first-order valence-corrected chi connectivity index (χ1v) is 9.74. The zero-order chi connectivity index (χ0) is 18.9. The number of carbonyl (C=O) groups is 1. The highest BCUT2D eigenvalue weighted by atomic mass is 16.1. The van der Waals surface area contributed by atoms with Gasteiger partial charge in [0, 0.05) is 17.8 Å². The largest absolute Gasteiger partial charge is 0.326 e. The summed E-state index contributed by atoms with van der Waals surface area (Å²) in [6.07, 6.45) is 3.45. The van der Waals surface area contributed by atoms with Gasteiger partial charge in [-0.05, 0) is 56.1 Å². The van der Waals surface area contributed by atoms with Gasteiger partial charge in [-0.1, -0.05) is 43.3 Å². The summed E-state index contributed by atoms with van der Waals surface area (Å²) >= 11 is 0. The van der Waals surface area contributed by atoms with Gasteiger partial charge in [0.05, 0.1) is 6.54 Å². The van der Waals surface area contributed by atoms with Crippen LogP contribution in [0.2, 0.25) is 0 Å². The summed E-state index contributed by atoms with van der Waals surface area (Å²) in [6.45, 7) is 5.99. The first-order chi connectivity index (χ1) is 13.3. The summed E-state index contributed by atoms with van der Waals surface area (Å²) in [5.41, 5.74) is 2.79. The van der Waals surface area contributed by atoms with Gasteiger partial charge in [-0.15, -0.1) is 0 Å². The molecule has 5 nitrogen and oxygen atoms in total. The summed E-state index contributed by atoms with van der Waals surface area (Å²) < 4.78 is 0. The third-order valence-corrected chi connectivity index (χ3v) is 4.80. The average Bonchev–Trinajstić information content (AvgIpc) is 3.22. The van der Waals surface area contributed by atoms with E-state index in [4.69, 9.17) is 0 Å². The normalized spacial score (nSPS) is 14.9. The maximum absolute atomic E-state index is 12.6. The minimum atomic E-state index is -0.156. The summed E-state index contributed by atoms with van der Waals surface area (Å²) in [4.78, 5) is 19.6. The van der Waals surface area contributed by atoms with Gasteiger partial charge in [-0.25, -0.2) is 0 Å². The molecule has 0 unspecified atom stereocenters. The van der Waals surface area contributed by atoms with Crippen molar-refractivity contribution in [1.29, 1.82) is 0 Å². The Kier molecular flexibility index (Phi) is 6.99. The Labute approximate surface area is 161 Å². The number of para-hydroxylation sites is 1. The molecule has 0 saturated carbocycles. The molecule has 2 aromatic rings. The molecule has 2 aromatic carbocycles. The predicted octanol–water partition coefficient (Wildman–Crippen LogP) is 3.54. The molecule has 2 N–H and O–H groups in total. The predicted molar refractivity (Wildman–Crippen MR) is 111 cm³/mol. The molecule has 3 rings (SSSR count). The lowest BCUT2D eigenvalue weighted by molar-refractivity contribution is 0.0977. The van der Waals surface area contributed by atoms with Gasteiger partial charge in [0.25, 0.3) is 5.91 Å². The number of amides is 1. The first kappa shape index (κ1) is 19.1. The van der Waals surface area contributed by atoms with Crippen molar-refractivity contribution in [2.24, 2.45) is 4.99 Å². The molecule has 1 heterocycles. The fourth-order valence-corrected chi connectivity index (χ4v) is 3.27. The standard InChI is InChI=1S/C22H28N4O/c1-2-18-10-6-7-13-20(18)24-22(23-14-17-26-15-8-9-16-26)25-21(27)19-11-4-3-5-12-19/h3-7,10-13H,2,8-9,14-17H2,1H3,(H2,23,24,25,27). The number of anilines is 1. The van der Waals surface area contributed by atoms with Crippen molar-refractivity contribution in [2.75, 3.05) is 31.5 Å². The molecule has 1 amide bonds. The van der Waals surface area contributed by atoms with Crippen LogP contribution in [0.1, 0.15) is 35.7 Å². The lowest BCUT2D eigenvalue weighted by atomic mass is 10.1. The SMILES string of the molecule is CCc1ccccc1NC(=NCCN1CCCC1)NC(=O)c1ccccc1. The number of likely N-dealkylation sites (tertiary alicyclic amines) is 1. The number of aliphatic imine (C=N–C) groups is 1. The van der Waals surface area contributed by atoms with Crippen LogP contribution >= 0.6 is 0 Å². The van der Waals surface area contributed by atoms with Gasteiger partial charge in [0.15, 0.2) is 0 Å². The number of aryl methyl sites for hydroxylation is 1. The summed E-state index contributed by atoms with van der Waals surface area (Å²) in [5.74, 6) is 0.348. The molecule has 142 valence electrons. The Balaban J connectivity index is 1.71. The van der Waals surface area contributed by atoms with Crippen LogP contribution in [0.15, 0.2) is 59.6 Å². The van der Waals surface area contributed by atoms with Gasteiger partial charge in [-0.3, -0.25) is 15.1 Å². The number of hydrogen-bond acceptors (Lipinski definition) is 3. The van der Waals surface area contributed by atoms with E-state index in [9.17, 15) is 4.79 Å². The van der Waals surface area contributed by atoms with E-state index in [-0.39, 0.29) is 5.91 Å². The van der Waals surface area contributed by atoms with Gasteiger partial charge in [-0.2, -0.15) is 0 Å². The van der Waals surface area contributed by atoms with Gasteiger partial charge in [0.1, 0.15) is 0 Å². The second kappa shape index (κ2) is 9.88. The molecule has 5 heteroatoms. The highest BCUT2D eigenvalue weighted by Gasteiger charge is 2.12. The van der Waals surface area contributed by atoms with E-state index in [0.29, 0.717) is 18.1 Å². The molecule has 0 radical (unpaired) electrons. The molecule has 1 aliphatic heterocycles. The Morgan fingerprint density at radius 2 is 1.74 bits per heavy atom. The molecule has 27 heavy (non-hydrogen) atoms. The Morgan fingerprint density at radius 3 is 2.48 bits per heavy atom. The quantitative estimate of drug-likeness (QED) is 0.609. The third-order valence-electron chi connectivity index (χ3n) is 4.80. The van der Waals surface area contributed by atoms with Gasteiger partial charge in [0.2, 0.25) is 5.96 Å². The van der Waals surface area contributed by atoms with Crippen LogP contribution < -0.4 is 10.6 Å². The van der Waals surface area contributed by atoms with Crippen molar-refractivity contribution in [3.05, 3.63) is 65.7 Å². The van der Waals surface area contributed by atoms with Crippen LogP contribution in [0.25, 0.3) is 0 Å². The highest BCUT2D eigenvalue weighted by molar-refractivity contribution is 6.10. The van der Waals surface area contributed by atoms with Crippen molar-refractivity contribution in [3.63, 3.8) is 0 Å². The lowest BCUT2D eigenvalue weighted by Gasteiger charge is -2.16. The van der Waals surface area contributed by atoms with Crippen molar-refractivity contribution in [2.45, 2.75) is 26.2 Å². The molecule has 1 fully saturated rings. The fourth-order valence-electron chi connectivity index (χ4n) is 3.27. The second-order valence-electron chi connectivity index (χ2n) is 6.73. The molecule has 0 bridgehead atoms. The summed E-state index contributed by atoms with van der Waals surface area (Å²) in [7, 11) is 0. The Bertz CT molecular complexity index is 767. The molecular formula is C22H28N4O. The fraction of sp³-hybridized carbons (Fsp3) is 0.364. The maximum atomic E-state index is 12.6. The van der Waals surface area contributed by atoms with Gasteiger partial charge >= 0.3 is 0 Å². The van der Waals surface area contributed by atoms with Crippen LogP contribution in [0.4, 0.5) is 5.69 Å². The first-order valence-electron chi connectivity index (χ1n) is 9.74. The number of benzene rings is 2. The van der Waals surface area contributed by atoms with Crippen LogP contribution in [0.5, 0.6) is 0 Å². The van der Waals surface area contributed by atoms with Crippen molar-refractivity contribution >= 4 is 17.6 Å². The number of nitrogens with zero attached hydrogens (tertiary/aromatic N) is 2. The number of nitrogens with one attached hydrogen (secondary N) is 2. The number of rotatable bonds is 6. The second-order valence-corrected chi connectivity index (χ2v) is 6.73. The molecule has 1 saturated heterocycles. The van der Waals surface area contributed by atoms with E-state index in [1.807, 2.05) is 36.4 Å². The third kappa shape index (κ3) is 5.66. The van der Waals surface area contributed by atoms with E-state index in [2.05, 4.69) is 33.5 Å². The van der Waals surface area contributed by atoms with Crippen molar-refractivity contribution in [1.82, 2.24) is 10.2 Å². The van der Waals surface area contributed by atoms with Crippen molar-refractivity contribution < 1.29 is 4.79 Å². The molecule has 0 atom stereocenters. The van der Waals surface area contributed by atoms with Gasteiger partial charge < -0.3 is 10.2 Å². The van der Waals surface area contributed by atoms with Crippen molar-refractivity contribution in [3.8, 4) is 0 Å². The zero-order valence-electron chi connectivity index (χ0n) is 15.9. The molecule has 0 aromatic heterocycles. The van der Waals surface area contributed by atoms with E-state index in [0.717, 1.165) is 31.7 Å². The Morgan fingerprint density at radius 1 is 1.04 bits per heavy atom. The van der Waals surface area contributed by atoms with E-state index < -0.39 is 0 Å². The van der Waals surface area contributed by atoms with E-state index >= 15 is 0 Å². The maximum Gasteiger partial charge on any atom is 0.257 e. The zero-order valence-corrected chi connectivity index (χ0v) is 15.9. The van der Waals surface area contributed by atoms with Crippen LogP contribution in [0.3, 0.4) is 0 Å². The van der Waals surface area contributed by atoms with Crippen LogP contribution in [0, 0.1) is 0 Å². The molecule has 1 aliphatic rings. The Hall–Kier alpha value is -2.66. The van der Waals surface area contributed by atoms with E-state index in [1.54, 1.807) is 12.1 Å². The minimum Gasteiger partial charge on any atom is -0.326 e. The van der Waals surface area contributed by atoms with Crippen LogP contribution in [-0.4, -0.2) is 42.9 Å². The smallest absolute Gasteiger partial charge is 0.257 e. The minimum absolute atomic E-state index is 0.156.